The summed E-state index contributed by atoms with van der Waals surface area (Å²) in [7, 11) is 2.06. The average Bonchev–Trinajstić information content (AvgIpc) is 2.93. The van der Waals surface area contributed by atoms with Crippen LogP contribution in [0, 0.1) is 5.92 Å². The normalized spacial score (nSPS) is 21.5. The Morgan fingerprint density at radius 3 is 3.14 bits per heavy atom. The molecule has 1 atom stereocenters. The van der Waals surface area contributed by atoms with Gasteiger partial charge in [-0.25, -0.2) is 0 Å². The molecule has 1 aromatic carbocycles. The van der Waals surface area contributed by atoms with Crippen LogP contribution < -0.4 is 10.1 Å². The highest BCUT2D eigenvalue weighted by Gasteiger charge is 2.19. The van der Waals surface area contributed by atoms with Crippen molar-refractivity contribution in [3.05, 3.63) is 29.3 Å². The number of ether oxygens (including phenoxy) is 1. The summed E-state index contributed by atoms with van der Waals surface area (Å²) in [6.07, 6.45) is 4.98. The Kier molecular flexibility index (Phi) is 6.34. The highest BCUT2D eigenvalue weighted by atomic mass is 35.5. The number of halogens is 1. The van der Waals surface area contributed by atoms with Gasteiger partial charge in [-0.3, -0.25) is 0 Å². The third-order valence-electron chi connectivity index (χ3n) is 4.57. The van der Waals surface area contributed by atoms with Crippen LogP contribution in [0.25, 0.3) is 0 Å². The molecule has 0 aliphatic carbocycles. The molecule has 0 amide bonds. The van der Waals surface area contributed by atoms with Crippen LogP contribution in [0.2, 0.25) is 0 Å². The zero-order valence-electron chi connectivity index (χ0n) is 12.9. The van der Waals surface area contributed by atoms with Crippen molar-refractivity contribution >= 4 is 12.4 Å². The number of piperidine rings is 1. The van der Waals surface area contributed by atoms with E-state index in [0.29, 0.717) is 0 Å². The van der Waals surface area contributed by atoms with Crippen LogP contribution in [-0.2, 0) is 12.8 Å². The minimum atomic E-state index is 0. The lowest BCUT2D eigenvalue weighted by atomic mass is 9.97. The summed E-state index contributed by atoms with van der Waals surface area (Å²) in [6, 6.07) is 6.73. The molecule has 4 heteroatoms. The van der Waals surface area contributed by atoms with E-state index in [0.717, 1.165) is 31.2 Å². The molecule has 2 aliphatic heterocycles. The molecule has 0 saturated carbocycles. The van der Waals surface area contributed by atoms with Gasteiger partial charge < -0.3 is 15.0 Å². The van der Waals surface area contributed by atoms with Crippen LogP contribution >= 0.6 is 12.4 Å². The van der Waals surface area contributed by atoms with Gasteiger partial charge in [0.25, 0.3) is 0 Å². The zero-order valence-corrected chi connectivity index (χ0v) is 13.8. The third kappa shape index (κ3) is 4.35. The lowest BCUT2D eigenvalue weighted by Gasteiger charge is -2.32. The van der Waals surface area contributed by atoms with Gasteiger partial charge in [0.2, 0.25) is 0 Å². The second-order valence-corrected chi connectivity index (χ2v) is 6.16. The lowest BCUT2D eigenvalue weighted by molar-refractivity contribution is 0.175. The molecule has 1 fully saturated rings. The number of nitrogens with zero attached hydrogens (tertiary/aromatic N) is 1. The number of benzene rings is 1. The summed E-state index contributed by atoms with van der Waals surface area (Å²) in [4.78, 5) is 2.63. The molecule has 0 spiro atoms. The van der Waals surface area contributed by atoms with Crippen molar-refractivity contribution in [2.24, 2.45) is 5.92 Å². The van der Waals surface area contributed by atoms with Gasteiger partial charge >= 0.3 is 0 Å². The Morgan fingerprint density at radius 1 is 1.38 bits per heavy atom. The summed E-state index contributed by atoms with van der Waals surface area (Å²) < 4.78 is 5.57. The van der Waals surface area contributed by atoms with Crippen LogP contribution in [0.5, 0.6) is 5.75 Å². The molecule has 0 bridgehead atoms. The number of fused-ring (bicyclic) bond motifs is 1. The van der Waals surface area contributed by atoms with Crippen molar-refractivity contribution in [3.63, 3.8) is 0 Å². The van der Waals surface area contributed by atoms with Crippen molar-refractivity contribution in [2.75, 3.05) is 39.8 Å². The topological polar surface area (TPSA) is 24.5 Å². The maximum atomic E-state index is 5.57. The van der Waals surface area contributed by atoms with Crippen molar-refractivity contribution in [3.8, 4) is 5.75 Å². The molecule has 2 aliphatic rings. The Labute approximate surface area is 134 Å². The smallest absolute Gasteiger partial charge is 0.122 e. The summed E-state index contributed by atoms with van der Waals surface area (Å²) in [5.41, 5.74) is 2.86. The monoisotopic (exact) mass is 310 g/mol. The predicted octanol–water partition coefficient (Wildman–Crippen LogP) is 2.52. The first-order valence-corrected chi connectivity index (χ1v) is 7.96. The first-order valence-electron chi connectivity index (χ1n) is 7.96. The van der Waals surface area contributed by atoms with E-state index >= 15 is 0 Å². The Hall–Kier alpha value is -0.770. The predicted molar refractivity (Wildman–Crippen MR) is 89.7 cm³/mol. The Morgan fingerprint density at radius 2 is 2.29 bits per heavy atom. The van der Waals surface area contributed by atoms with Gasteiger partial charge in [0.05, 0.1) is 6.61 Å². The number of likely N-dealkylation sites (tertiary alicyclic amines) is 1. The van der Waals surface area contributed by atoms with E-state index in [1.165, 1.54) is 50.0 Å². The van der Waals surface area contributed by atoms with Crippen molar-refractivity contribution < 1.29 is 4.74 Å². The van der Waals surface area contributed by atoms with Gasteiger partial charge in [0.15, 0.2) is 0 Å². The van der Waals surface area contributed by atoms with E-state index < -0.39 is 0 Å². The number of nitrogens with one attached hydrogen (secondary N) is 1. The quantitative estimate of drug-likeness (QED) is 0.904. The fourth-order valence-corrected chi connectivity index (χ4v) is 3.49. The van der Waals surface area contributed by atoms with Crippen LogP contribution in [0.3, 0.4) is 0 Å². The highest BCUT2D eigenvalue weighted by molar-refractivity contribution is 5.85. The SMILES string of the molecule is CNCC1CCCN(CCc2ccc3c(c2)CCO3)C1.Cl. The second kappa shape index (κ2) is 8.02. The summed E-state index contributed by atoms with van der Waals surface area (Å²) >= 11 is 0. The number of hydrogen-bond acceptors (Lipinski definition) is 3. The van der Waals surface area contributed by atoms with Gasteiger partial charge in [-0.05, 0) is 62.5 Å². The van der Waals surface area contributed by atoms with E-state index in [-0.39, 0.29) is 12.4 Å². The van der Waals surface area contributed by atoms with Crippen molar-refractivity contribution in [1.82, 2.24) is 10.2 Å². The minimum Gasteiger partial charge on any atom is -0.493 e. The molecule has 2 heterocycles. The maximum absolute atomic E-state index is 5.57. The number of rotatable bonds is 5. The maximum Gasteiger partial charge on any atom is 0.122 e. The molecule has 3 nitrogen and oxygen atoms in total. The van der Waals surface area contributed by atoms with Gasteiger partial charge in [0, 0.05) is 19.5 Å². The van der Waals surface area contributed by atoms with Crippen LogP contribution in [-0.4, -0.2) is 44.7 Å². The largest absolute Gasteiger partial charge is 0.493 e. The minimum absolute atomic E-state index is 0. The molecule has 21 heavy (non-hydrogen) atoms. The summed E-state index contributed by atoms with van der Waals surface area (Å²) in [5.74, 6) is 1.93. The average molecular weight is 311 g/mol. The highest BCUT2D eigenvalue weighted by Crippen LogP contribution is 2.26. The standard InChI is InChI=1S/C17H26N2O.ClH/c1-18-12-15-3-2-8-19(13-15)9-6-14-4-5-17-16(11-14)7-10-20-17;/h4-5,11,15,18H,2-3,6-10,12-13H2,1H3;1H. The fraction of sp³-hybridized carbons (Fsp3) is 0.647. The van der Waals surface area contributed by atoms with E-state index in [2.05, 4.69) is 35.5 Å². The first-order chi connectivity index (χ1) is 9.85. The molecule has 1 N–H and O–H groups in total. The summed E-state index contributed by atoms with van der Waals surface area (Å²) in [5, 5.41) is 3.32. The van der Waals surface area contributed by atoms with E-state index in [1.807, 2.05) is 0 Å². The van der Waals surface area contributed by atoms with Crippen LogP contribution in [0.4, 0.5) is 0 Å². The van der Waals surface area contributed by atoms with Gasteiger partial charge in [0.1, 0.15) is 5.75 Å². The molecule has 3 rings (SSSR count). The summed E-state index contributed by atoms with van der Waals surface area (Å²) in [6.45, 7) is 5.74. The van der Waals surface area contributed by atoms with E-state index in [9.17, 15) is 0 Å². The second-order valence-electron chi connectivity index (χ2n) is 6.16. The van der Waals surface area contributed by atoms with E-state index in [4.69, 9.17) is 4.74 Å². The first kappa shape index (κ1) is 16.6. The molecule has 1 saturated heterocycles. The van der Waals surface area contributed by atoms with E-state index in [1.54, 1.807) is 0 Å². The zero-order chi connectivity index (χ0) is 13.8. The fourth-order valence-electron chi connectivity index (χ4n) is 3.49. The lowest BCUT2D eigenvalue weighted by Crippen LogP contribution is -2.39. The number of hydrogen-bond donors (Lipinski definition) is 1. The van der Waals surface area contributed by atoms with Crippen LogP contribution in [0.15, 0.2) is 18.2 Å². The van der Waals surface area contributed by atoms with Crippen LogP contribution in [0.1, 0.15) is 24.0 Å². The van der Waals surface area contributed by atoms with Crippen molar-refractivity contribution in [2.45, 2.75) is 25.7 Å². The molecular weight excluding hydrogens is 284 g/mol. The Balaban J connectivity index is 0.00000161. The molecule has 1 aromatic rings. The van der Waals surface area contributed by atoms with Gasteiger partial charge in [-0.15, -0.1) is 12.4 Å². The molecule has 1 unspecified atom stereocenters. The van der Waals surface area contributed by atoms with Gasteiger partial charge in [-0.1, -0.05) is 12.1 Å². The van der Waals surface area contributed by atoms with Gasteiger partial charge in [-0.2, -0.15) is 0 Å². The molecular formula is C17H27ClN2O. The molecule has 0 aromatic heterocycles. The molecule has 118 valence electrons. The Bertz CT molecular complexity index is 450. The van der Waals surface area contributed by atoms with Crippen molar-refractivity contribution in [1.29, 1.82) is 0 Å². The third-order valence-corrected chi connectivity index (χ3v) is 4.57. The molecule has 0 radical (unpaired) electrons.